The van der Waals surface area contributed by atoms with E-state index in [0.29, 0.717) is 10.9 Å². The molecule has 1 saturated heterocycles. The van der Waals surface area contributed by atoms with Crippen molar-refractivity contribution in [2.45, 2.75) is 31.8 Å². The maximum absolute atomic E-state index is 12.1. The van der Waals surface area contributed by atoms with E-state index in [1.165, 1.54) is 11.8 Å². The highest BCUT2D eigenvalue weighted by atomic mass is 32.2. The van der Waals surface area contributed by atoms with Crippen molar-refractivity contribution in [1.29, 1.82) is 0 Å². The van der Waals surface area contributed by atoms with E-state index in [4.69, 9.17) is 0 Å². The first kappa shape index (κ1) is 15.0. The molecule has 0 radical (unpaired) electrons. The Balaban J connectivity index is 1.73. The third kappa shape index (κ3) is 3.30. The van der Waals surface area contributed by atoms with Gasteiger partial charge >= 0.3 is 0 Å². The van der Waals surface area contributed by atoms with Crippen LogP contribution in [0.2, 0.25) is 0 Å². The lowest BCUT2D eigenvalue weighted by Crippen LogP contribution is -2.29. The van der Waals surface area contributed by atoms with Gasteiger partial charge in [0.15, 0.2) is 0 Å². The molecule has 0 bridgehead atoms. The van der Waals surface area contributed by atoms with Crippen LogP contribution in [0.4, 0.5) is 0 Å². The smallest absolute Gasteiger partial charge is 0.233 e. The van der Waals surface area contributed by atoms with Crippen LogP contribution in [0.25, 0.3) is 5.69 Å². The second-order valence-corrected chi connectivity index (χ2v) is 6.54. The molecule has 6 nitrogen and oxygen atoms in total. The monoisotopic (exact) mass is 317 g/mol. The summed E-state index contributed by atoms with van der Waals surface area (Å²) in [5.74, 6) is 0.544. The Bertz CT molecular complexity index is 658. The number of rotatable bonds is 4. The van der Waals surface area contributed by atoms with Crippen molar-refractivity contribution in [2.75, 3.05) is 18.8 Å². The van der Waals surface area contributed by atoms with Crippen LogP contribution in [0.1, 0.15) is 24.0 Å². The van der Waals surface area contributed by atoms with Crippen LogP contribution < -0.4 is 0 Å². The molecule has 0 aliphatic carbocycles. The number of carbonyl (C=O) groups is 1. The van der Waals surface area contributed by atoms with E-state index >= 15 is 0 Å². The zero-order valence-electron chi connectivity index (χ0n) is 12.8. The average molecular weight is 317 g/mol. The largest absolute Gasteiger partial charge is 0.342 e. The molecule has 7 heteroatoms. The van der Waals surface area contributed by atoms with Crippen molar-refractivity contribution in [2.24, 2.45) is 0 Å². The van der Waals surface area contributed by atoms with Crippen LogP contribution in [-0.2, 0) is 4.79 Å². The molecule has 0 saturated carbocycles. The quantitative estimate of drug-likeness (QED) is 0.807. The number of carbonyl (C=O) groups excluding carboxylic acids is 1. The van der Waals surface area contributed by atoms with Crippen LogP contribution in [0.15, 0.2) is 23.4 Å². The molecule has 1 aliphatic rings. The van der Waals surface area contributed by atoms with Gasteiger partial charge < -0.3 is 4.90 Å². The fourth-order valence-electron chi connectivity index (χ4n) is 2.69. The van der Waals surface area contributed by atoms with Gasteiger partial charge in [-0.15, -0.1) is 5.10 Å². The molecule has 1 aliphatic heterocycles. The Morgan fingerprint density at radius 1 is 1.18 bits per heavy atom. The summed E-state index contributed by atoms with van der Waals surface area (Å²) in [6, 6.07) is 6.18. The van der Waals surface area contributed by atoms with Gasteiger partial charge in [0, 0.05) is 13.1 Å². The minimum absolute atomic E-state index is 0.164. The zero-order valence-corrected chi connectivity index (χ0v) is 13.6. The topological polar surface area (TPSA) is 63.9 Å². The highest BCUT2D eigenvalue weighted by molar-refractivity contribution is 7.99. The normalized spacial score (nSPS) is 14.5. The van der Waals surface area contributed by atoms with E-state index < -0.39 is 0 Å². The van der Waals surface area contributed by atoms with Crippen molar-refractivity contribution in [3.63, 3.8) is 0 Å². The first-order chi connectivity index (χ1) is 10.6. The Morgan fingerprint density at radius 3 is 2.55 bits per heavy atom. The summed E-state index contributed by atoms with van der Waals surface area (Å²) in [5.41, 5.74) is 3.25. The van der Waals surface area contributed by atoms with Crippen LogP contribution in [0.3, 0.4) is 0 Å². The molecule has 2 heterocycles. The summed E-state index contributed by atoms with van der Waals surface area (Å²) in [6.07, 6.45) is 2.22. The van der Waals surface area contributed by atoms with E-state index in [0.717, 1.165) is 42.7 Å². The fourth-order valence-corrected chi connectivity index (χ4v) is 3.48. The zero-order chi connectivity index (χ0) is 15.5. The molecule has 3 rings (SSSR count). The molecule has 1 aromatic carbocycles. The van der Waals surface area contributed by atoms with Crippen LogP contribution >= 0.6 is 11.8 Å². The lowest BCUT2D eigenvalue weighted by Gasteiger charge is -2.14. The van der Waals surface area contributed by atoms with E-state index in [1.807, 2.05) is 30.9 Å². The lowest BCUT2D eigenvalue weighted by molar-refractivity contribution is -0.127. The average Bonchev–Trinajstić information content (AvgIpc) is 3.15. The van der Waals surface area contributed by atoms with Gasteiger partial charge in [0.05, 0.1) is 11.4 Å². The van der Waals surface area contributed by atoms with Crippen LogP contribution in [-0.4, -0.2) is 49.9 Å². The van der Waals surface area contributed by atoms with Gasteiger partial charge in [-0.3, -0.25) is 4.79 Å². The van der Waals surface area contributed by atoms with Gasteiger partial charge in [-0.25, -0.2) is 0 Å². The molecule has 0 unspecified atom stereocenters. The first-order valence-corrected chi connectivity index (χ1v) is 8.40. The Labute approximate surface area is 133 Å². The number of hydrogen-bond acceptors (Lipinski definition) is 5. The predicted molar refractivity (Wildman–Crippen MR) is 85.2 cm³/mol. The number of amides is 1. The predicted octanol–water partition coefficient (Wildman–Crippen LogP) is 1.99. The molecule has 22 heavy (non-hydrogen) atoms. The van der Waals surface area contributed by atoms with Crippen LogP contribution in [0.5, 0.6) is 0 Å². The third-order valence-corrected chi connectivity index (χ3v) is 4.58. The summed E-state index contributed by atoms with van der Waals surface area (Å²) in [7, 11) is 0. The molecule has 1 amide bonds. The SMILES string of the molecule is Cc1cc(C)cc(-n2nnnc2SCC(=O)N2CCCC2)c1. The van der Waals surface area contributed by atoms with Crippen molar-refractivity contribution in [3.8, 4) is 5.69 Å². The molecular weight excluding hydrogens is 298 g/mol. The van der Waals surface area contributed by atoms with Gasteiger partial charge in [0.2, 0.25) is 11.1 Å². The maximum atomic E-state index is 12.1. The van der Waals surface area contributed by atoms with Gasteiger partial charge in [0.1, 0.15) is 0 Å². The van der Waals surface area contributed by atoms with E-state index in [2.05, 4.69) is 21.6 Å². The summed E-state index contributed by atoms with van der Waals surface area (Å²) < 4.78 is 1.70. The summed E-state index contributed by atoms with van der Waals surface area (Å²) >= 11 is 1.39. The number of tetrazole rings is 1. The minimum Gasteiger partial charge on any atom is -0.342 e. The number of aromatic nitrogens is 4. The van der Waals surface area contributed by atoms with Crippen molar-refractivity contribution < 1.29 is 4.79 Å². The van der Waals surface area contributed by atoms with Crippen LogP contribution in [0, 0.1) is 13.8 Å². The van der Waals surface area contributed by atoms with Gasteiger partial charge in [-0.2, -0.15) is 4.68 Å². The Kier molecular flexibility index (Phi) is 4.42. The number of aryl methyl sites for hydroxylation is 2. The van der Waals surface area contributed by atoms with Crippen molar-refractivity contribution >= 4 is 17.7 Å². The molecule has 0 spiro atoms. The maximum Gasteiger partial charge on any atom is 0.233 e. The number of thioether (sulfide) groups is 1. The second-order valence-electron chi connectivity index (χ2n) is 5.60. The second kappa shape index (κ2) is 6.48. The summed E-state index contributed by atoms with van der Waals surface area (Å²) in [5, 5.41) is 12.5. The van der Waals surface area contributed by atoms with Gasteiger partial charge in [0.25, 0.3) is 0 Å². The van der Waals surface area contributed by atoms with Crippen molar-refractivity contribution in [1.82, 2.24) is 25.1 Å². The van der Waals surface area contributed by atoms with Gasteiger partial charge in [-0.05, 0) is 60.4 Å². The fraction of sp³-hybridized carbons (Fsp3) is 0.467. The number of benzene rings is 1. The first-order valence-electron chi connectivity index (χ1n) is 7.41. The molecule has 2 aromatic rings. The number of hydrogen-bond donors (Lipinski definition) is 0. The molecular formula is C15H19N5OS. The minimum atomic E-state index is 0.164. The van der Waals surface area contributed by atoms with E-state index in [-0.39, 0.29) is 5.91 Å². The summed E-state index contributed by atoms with van der Waals surface area (Å²) in [4.78, 5) is 14.0. The highest BCUT2D eigenvalue weighted by Crippen LogP contribution is 2.21. The van der Waals surface area contributed by atoms with E-state index in [9.17, 15) is 4.79 Å². The molecule has 116 valence electrons. The summed E-state index contributed by atoms with van der Waals surface area (Å²) in [6.45, 7) is 5.85. The van der Waals surface area contributed by atoms with Crippen molar-refractivity contribution in [3.05, 3.63) is 29.3 Å². The molecule has 0 N–H and O–H groups in total. The highest BCUT2D eigenvalue weighted by Gasteiger charge is 2.19. The lowest BCUT2D eigenvalue weighted by atomic mass is 10.1. The number of nitrogens with zero attached hydrogens (tertiary/aromatic N) is 5. The van der Waals surface area contributed by atoms with E-state index in [1.54, 1.807) is 4.68 Å². The molecule has 1 fully saturated rings. The standard InChI is InChI=1S/C15H19N5OS/c1-11-7-12(2)9-13(8-11)20-15(16-17-18-20)22-10-14(21)19-5-3-4-6-19/h7-9H,3-6,10H2,1-2H3. The molecule has 1 aromatic heterocycles. The Morgan fingerprint density at radius 2 is 1.86 bits per heavy atom. The van der Waals surface area contributed by atoms with Gasteiger partial charge in [-0.1, -0.05) is 17.8 Å². The third-order valence-electron chi connectivity index (χ3n) is 3.68. The molecule has 0 atom stereocenters. The Hall–Kier alpha value is -1.89. The number of likely N-dealkylation sites (tertiary alicyclic amines) is 1.